The highest BCUT2D eigenvalue weighted by atomic mass is 31.2. The summed E-state index contributed by atoms with van der Waals surface area (Å²) < 4.78 is 27.2. The predicted octanol–water partition coefficient (Wildman–Crippen LogP) is 0.879. The van der Waals surface area contributed by atoms with E-state index in [0.29, 0.717) is 11.1 Å². The number of nitrogens with one attached hydrogen (secondary N) is 1. The number of aromatic nitrogens is 1. The fraction of sp³-hybridized carbons (Fsp3) is 0.125. The molecule has 2 aromatic rings. The fourth-order valence-corrected chi connectivity index (χ4v) is 3.53. The predicted molar refractivity (Wildman–Crippen MR) is 65.5 cm³/mol. The van der Waals surface area contributed by atoms with Crippen molar-refractivity contribution in [1.29, 1.82) is 0 Å². The highest BCUT2D eigenvalue weighted by Gasteiger charge is 2.44. The first-order valence-electron chi connectivity index (χ1n) is 4.90. The number of anilines is 1. The largest absolute Gasteiger partial charge is 0.424 e. The van der Waals surface area contributed by atoms with Gasteiger partial charge in [0.1, 0.15) is 5.52 Å². The third-order valence-corrected chi connectivity index (χ3v) is 5.52. The highest BCUT2D eigenvalue weighted by molar-refractivity contribution is 7.71. The lowest BCUT2D eigenvalue weighted by atomic mass is 10.3. The zero-order chi connectivity index (χ0) is 14.3. The number of hydrogen-bond donors (Lipinski definition) is 5. The van der Waals surface area contributed by atoms with Crippen molar-refractivity contribution in [3.63, 3.8) is 0 Å². The van der Waals surface area contributed by atoms with Crippen LogP contribution in [0.4, 0.5) is 6.01 Å². The molecule has 0 bridgehead atoms. The van der Waals surface area contributed by atoms with Gasteiger partial charge in [-0.05, 0) is 12.1 Å². The molecule has 2 rings (SSSR count). The minimum absolute atomic E-state index is 0.320. The number of rotatable bonds is 4. The molecule has 0 aliphatic heterocycles. The van der Waals surface area contributed by atoms with Gasteiger partial charge in [0, 0.05) is 0 Å². The molecule has 1 aromatic carbocycles. The van der Waals surface area contributed by atoms with E-state index in [9.17, 15) is 9.13 Å². The molecule has 0 fully saturated rings. The van der Waals surface area contributed by atoms with Gasteiger partial charge >= 0.3 is 15.2 Å². The Hall–Kier alpha value is -1.21. The van der Waals surface area contributed by atoms with Crippen molar-refractivity contribution in [3.8, 4) is 0 Å². The van der Waals surface area contributed by atoms with Crippen LogP contribution in [-0.2, 0) is 9.13 Å². The van der Waals surface area contributed by atoms with Crippen LogP contribution >= 0.6 is 15.2 Å². The molecule has 5 N–H and O–H groups in total. The average Bonchev–Trinajstić information content (AvgIpc) is 2.65. The first-order chi connectivity index (χ1) is 8.68. The number of benzene rings is 1. The minimum atomic E-state index is -5.08. The van der Waals surface area contributed by atoms with Gasteiger partial charge in [-0.1, -0.05) is 12.1 Å². The molecule has 0 saturated heterocycles. The van der Waals surface area contributed by atoms with Gasteiger partial charge in [-0.3, -0.25) is 9.13 Å². The summed E-state index contributed by atoms with van der Waals surface area (Å²) in [5.41, 5.74) is -1.69. The molecule has 0 atom stereocenters. The van der Waals surface area contributed by atoms with Crippen molar-refractivity contribution >= 4 is 32.3 Å². The molecule has 9 nitrogen and oxygen atoms in total. The quantitative estimate of drug-likeness (QED) is 0.518. The maximum absolute atomic E-state index is 11.1. The van der Waals surface area contributed by atoms with Crippen LogP contribution in [0, 0.1) is 0 Å². The van der Waals surface area contributed by atoms with Gasteiger partial charge in [0.25, 0.3) is 6.01 Å². The summed E-state index contributed by atoms with van der Waals surface area (Å²) in [6.07, 6.45) is 0. The molecule has 104 valence electrons. The second kappa shape index (κ2) is 4.72. The molecule has 0 aliphatic rings. The molecule has 1 heterocycles. The van der Waals surface area contributed by atoms with Crippen molar-refractivity contribution in [2.45, 2.75) is 5.52 Å². The van der Waals surface area contributed by atoms with E-state index in [-0.39, 0.29) is 6.01 Å². The third kappa shape index (κ3) is 3.22. The SMILES string of the molecule is O=P(O)(O)C(Nc1nc2ccccc2o1)P(=O)(O)O. The van der Waals surface area contributed by atoms with Gasteiger partial charge < -0.3 is 29.3 Å². The first-order valence-corrected chi connectivity index (χ1v) is 8.27. The van der Waals surface area contributed by atoms with Crippen LogP contribution in [0.3, 0.4) is 0 Å². The van der Waals surface area contributed by atoms with E-state index >= 15 is 0 Å². The lowest BCUT2D eigenvalue weighted by Crippen LogP contribution is -2.20. The maximum Gasteiger partial charge on any atom is 0.360 e. The van der Waals surface area contributed by atoms with Crippen LogP contribution in [0.1, 0.15) is 0 Å². The van der Waals surface area contributed by atoms with Crippen LogP contribution < -0.4 is 5.32 Å². The summed E-state index contributed by atoms with van der Waals surface area (Å²) in [7, 11) is -10.2. The lowest BCUT2D eigenvalue weighted by molar-refractivity contribution is 0.342. The first kappa shape index (κ1) is 14.2. The molecule has 0 unspecified atom stereocenters. The van der Waals surface area contributed by atoms with Gasteiger partial charge in [-0.2, -0.15) is 4.98 Å². The van der Waals surface area contributed by atoms with Crippen LogP contribution in [0.2, 0.25) is 0 Å². The molecule has 0 amide bonds. The molecular weight excluding hydrogens is 298 g/mol. The van der Waals surface area contributed by atoms with E-state index in [1.165, 1.54) is 0 Å². The van der Waals surface area contributed by atoms with Crippen LogP contribution in [0.25, 0.3) is 11.1 Å². The molecule has 0 aliphatic carbocycles. The zero-order valence-electron chi connectivity index (χ0n) is 9.24. The zero-order valence-corrected chi connectivity index (χ0v) is 11.0. The molecule has 0 spiro atoms. The number of fused-ring (bicyclic) bond motifs is 1. The Kier molecular flexibility index (Phi) is 3.53. The summed E-state index contributed by atoms with van der Waals surface area (Å²) in [6, 6.07) is 6.07. The normalized spacial score (nSPS) is 13.1. The van der Waals surface area contributed by atoms with E-state index in [0.717, 1.165) is 0 Å². The third-order valence-electron chi connectivity index (χ3n) is 2.18. The van der Waals surface area contributed by atoms with E-state index in [1.54, 1.807) is 24.3 Å². The van der Waals surface area contributed by atoms with E-state index < -0.39 is 20.7 Å². The Bertz CT molecular complexity index is 632. The summed E-state index contributed by atoms with van der Waals surface area (Å²) in [5, 5.41) is 1.94. The Morgan fingerprint density at radius 3 is 2.21 bits per heavy atom. The van der Waals surface area contributed by atoms with Crippen molar-refractivity contribution in [3.05, 3.63) is 24.3 Å². The minimum Gasteiger partial charge on any atom is -0.424 e. The maximum atomic E-state index is 11.1. The monoisotopic (exact) mass is 308 g/mol. The fourth-order valence-electron chi connectivity index (χ4n) is 1.41. The lowest BCUT2D eigenvalue weighted by Gasteiger charge is -2.19. The standard InChI is InChI=1S/C8H10N2O7P2/c11-18(12,13)8(19(14,15)16)10-7-9-5-3-1-2-4-6(5)17-7/h1-4,8H,(H,9,10)(H2,11,12,13)(H2,14,15,16). The van der Waals surface area contributed by atoms with Crippen molar-refractivity contribution in [2.24, 2.45) is 0 Å². The Labute approximate surface area is 106 Å². The molecule has 19 heavy (non-hydrogen) atoms. The van der Waals surface area contributed by atoms with Crippen LogP contribution in [0.15, 0.2) is 28.7 Å². The summed E-state index contributed by atoms with van der Waals surface area (Å²) in [5.74, 6) is 0. The van der Waals surface area contributed by atoms with Crippen LogP contribution in [0.5, 0.6) is 0 Å². The second-order valence-electron chi connectivity index (χ2n) is 3.68. The number of hydrogen-bond acceptors (Lipinski definition) is 5. The molecule has 0 radical (unpaired) electrons. The van der Waals surface area contributed by atoms with Gasteiger partial charge in [0.15, 0.2) is 5.58 Å². The summed E-state index contributed by atoms with van der Waals surface area (Å²) in [4.78, 5) is 39.6. The Morgan fingerprint density at radius 2 is 1.68 bits per heavy atom. The number of nitrogens with zero attached hydrogens (tertiary/aromatic N) is 1. The van der Waals surface area contributed by atoms with Crippen LogP contribution in [-0.4, -0.2) is 30.1 Å². The number of oxazole rings is 1. The summed E-state index contributed by atoms with van der Waals surface area (Å²) in [6.45, 7) is 0. The smallest absolute Gasteiger partial charge is 0.360 e. The molecular formula is C8H10N2O7P2. The number of para-hydroxylation sites is 2. The molecule has 1 aromatic heterocycles. The summed E-state index contributed by atoms with van der Waals surface area (Å²) >= 11 is 0. The van der Waals surface area contributed by atoms with Gasteiger partial charge in [-0.25, -0.2) is 0 Å². The van der Waals surface area contributed by atoms with Gasteiger partial charge in [-0.15, -0.1) is 0 Å². The Morgan fingerprint density at radius 1 is 1.11 bits per heavy atom. The van der Waals surface area contributed by atoms with Gasteiger partial charge in [0.05, 0.1) is 0 Å². The van der Waals surface area contributed by atoms with Crippen molar-refractivity contribution < 1.29 is 33.1 Å². The van der Waals surface area contributed by atoms with Crippen molar-refractivity contribution in [1.82, 2.24) is 4.98 Å². The average molecular weight is 308 g/mol. The second-order valence-corrected chi connectivity index (χ2v) is 7.48. The van der Waals surface area contributed by atoms with Crippen molar-refractivity contribution in [2.75, 3.05) is 5.32 Å². The Balaban J connectivity index is 2.37. The van der Waals surface area contributed by atoms with E-state index in [4.69, 9.17) is 24.0 Å². The molecule has 0 saturated carbocycles. The van der Waals surface area contributed by atoms with E-state index in [1.807, 2.05) is 5.32 Å². The van der Waals surface area contributed by atoms with Gasteiger partial charge in [0.2, 0.25) is 5.52 Å². The van der Waals surface area contributed by atoms with E-state index in [2.05, 4.69) is 4.98 Å². The molecule has 11 heteroatoms. The highest BCUT2D eigenvalue weighted by Crippen LogP contribution is 2.59. The topological polar surface area (TPSA) is 153 Å².